The Morgan fingerprint density at radius 3 is 2.80 bits per heavy atom. The molecule has 1 aromatic rings. The van der Waals surface area contributed by atoms with Crippen molar-refractivity contribution in [2.75, 3.05) is 12.9 Å². The fourth-order valence-corrected chi connectivity index (χ4v) is 3.39. The molecule has 0 unspecified atom stereocenters. The van der Waals surface area contributed by atoms with Crippen LogP contribution in [-0.2, 0) is 5.60 Å². The molecular weight excluding hydrogens is 208 g/mol. The average Bonchev–Trinajstić information content (AvgIpc) is 2.60. The van der Waals surface area contributed by atoms with Gasteiger partial charge in [-0.05, 0) is 18.2 Å². The molecule has 0 radical (unpaired) electrons. The normalized spacial score (nSPS) is 30.5. The number of hydrogen-bond donors (Lipinski definition) is 1. The number of benzene rings is 1. The number of thioether (sulfide) groups is 1. The maximum atomic E-state index is 10.6. The molecular formula is C12H16O2S. The van der Waals surface area contributed by atoms with Crippen LogP contribution >= 0.6 is 11.8 Å². The van der Waals surface area contributed by atoms with Crippen molar-refractivity contribution < 1.29 is 9.84 Å². The second kappa shape index (κ2) is 4.06. The monoisotopic (exact) mass is 224 g/mol. The van der Waals surface area contributed by atoms with Gasteiger partial charge in [-0.3, -0.25) is 0 Å². The van der Waals surface area contributed by atoms with Gasteiger partial charge < -0.3 is 9.84 Å². The number of rotatable bonds is 2. The first-order valence-corrected chi connectivity index (χ1v) is 6.21. The third kappa shape index (κ3) is 1.74. The van der Waals surface area contributed by atoms with Crippen molar-refractivity contribution in [1.29, 1.82) is 0 Å². The smallest absolute Gasteiger partial charge is 0.124 e. The minimum atomic E-state index is -0.725. The molecule has 2 atom stereocenters. The van der Waals surface area contributed by atoms with Gasteiger partial charge in [-0.15, -0.1) is 0 Å². The van der Waals surface area contributed by atoms with Crippen molar-refractivity contribution in [3.8, 4) is 5.75 Å². The Morgan fingerprint density at radius 2 is 2.20 bits per heavy atom. The van der Waals surface area contributed by atoms with Gasteiger partial charge in [0.05, 0.1) is 7.11 Å². The van der Waals surface area contributed by atoms with E-state index < -0.39 is 5.60 Å². The van der Waals surface area contributed by atoms with Crippen LogP contribution < -0.4 is 4.74 Å². The van der Waals surface area contributed by atoms with Gasteiger partial charge in [-0.2, -0.15) is 11.8 Å². The lowest BCUT2D eigenvalue weighted by Gasteiger charge is -2.28. The summed E-state index contributed by atoms with van der Waals surface area (Å²) in [5, 5.41) is 10.9. The molecule has 1 N–H and O–H groups in total. The first-order valence-electron chi connectivity index (χ1n) is 5.16. The highest BCUT2D eigenvalue weighted by Crippen LogP contribution is 2.45. The van der Waals surface area contributed by atoms with Crippen LogP contribution in [0, 0.1) is 0 Å². The van der Waals surface area contributed by atoms with Crippen LogP contribution in [0.3, 0.4) is 0 Å². The van der Waals surface area contributed by atoms with E-state index in [0.717, 1.165) is 23.5 Å². The Kier molecular flexibility index (Phi) is 2.94. The lowest BCUT2D eigenvalue weighted by molar-refractivity contribution is 0.0402. The summed E-state index contributed by atoms with van der Waals surface area (Å²) in [5.41, 5.74) is 0.196. The molecule has 1 aromatic carbocycles. The van der Waals surface area contributed by atoms with E-state index >= 15 is 0 Å². The highest BCUT2D eigenvalue weighted by atomic mass is 32.2. The molecule has 0 amide bonds. The van der Waals surface area contributed by atoms with Gasteiger partial charge in [0.2, 0.25) is 0 Å². The lowest BCUT2D eigenvalue weighted by Crippen LogP contribution is -2.31. The fraction of sp³-hybridized carbons (Fsp3) is 0.500. The zero-order chi connectivity index (χ0) is 10.9. The summed E-state index contributed by atoms with van der Waals surface area (Å²) >= 11 is 1.81. The molecule has 3 heteroatoms. The van der Waals surface area contributed by atoms with Crippen molar-refractivity contribution in [3.63, 3.8) is 0 Å². The fourth-order valence-electron chi connectivity index (χ4n) is 2.09. The van der Waals surface area contributed by atoms with Crippen molar-refractivity contribution in [3.05, 3.63) is 29.8 Å². The molecule has 15 heavy (non-hydrogen) atoms. The first kappa shape index (κ1) is 10.8. The van der Waals surface area contributed by atoms with Gasteiger partial charge >= 0.3 is 0 Å². The number of hydrogen-bond acceptors (Lipinski definition) is 3. The molecule has 0 spiro atoms. The van der Waals surface area contributed by atoms with E-state index in [1.165, 1.54) is 0 Å². The molecule has 1 saturated heterocycles. The molecule has 1 heterocycles. The highest BCUT2D eigenvalue weighted by Gasteiger charge is 2.42. The second-order valence-electron chi connectivity index (χ2n) is 3.89. The van der Waals surface area contributed by atoms with Gasteiger partial charge in [0, 0.05) is 10.8 Å². The number of para-hydroxylation sites is 1. The Labute approximate surface area is 94.6 Å². The van der Waals surface area contributed by atoms with E-state index in [0.29, 0.717) is 0 Å². The summed E-state index contributed by atoms with van der Waals surface area (Å²) in [6, 6.07) is 7.74. The minimum absolute atomic E-state index is 0.230. The second-order valence-corrected chi connectivity index (χ2v) is 5.34. The molecule has 1 aliphatic rings. The van der Waals surface area contributed by atoms with Gasteiger partial charge in [0.1, 0.15) is 11.4 Å². The van der Waals surface area contributed by atoms with E-state index in [1.807, 2.05) is 36.0 Å². The Morgan fingerprint density at radius 1 is 1.47 bits per heavy atom. The van der Waals surface area contributed by atoms with Crippen LogP contribution in [-0.4, -0.2) is 23.2 Å². The number of methoxy groups -OCH3 is 1. The Bertz CT molecular complexity index is 353. The number of ether oxygens (including phenoxy) is 1. The summed E-state index contributed by atoms with van der Waals surface area (Å²) in [6.07, 6.45) is 0.805. The van der Waals surface area contributed by atoms with Gasteiger partial charge in [0.15, 0.2) is 0 Å². The zero-order valence-corrected chi connectivity index (χ0v) is 9.88. The summed E-state index contributed by atoms with van der Waals surface area (Å²) in [5.74, 6) is 1.80. The molecule has 82 valence electrons. The van der Waals surface area contributed by atoms with Crippen molar-refractivity contribution in [2.24, 2.45) is 0 Å². The van der Waals surface area contributed by atoms with Crippen molar-refractivity contribution in [1.82, 2.24) is 0 Å². The van der Waals surface area contributed by atoms with E-state index in [4.69, 9.17) is 4.74 Å². The minimum Gasteiger partial charge on any atom is -0.496 e. The lowest BCUT2D eigenvalue weighted by atomic mass is 9.88. The molecule has 0 aliphatic carbocycles. The molecule has 1 fully saturated rings. The third-order valence-corrected chi connectivity index (χ3v) is 4.43. The average molecular weight is 224 g/mol. The molecule has 2 nitrogen and oxygen atoms in total. The van der Waals surface area contributed by atoms with Crippen molar-refractivity contribution >= 4 is 11.8 Å². The molecule has 2 rings (SSSR count). The largest absolute Gasteiger partial charge is 0.496 e. The summed E-state index contributed by atoms with van der Waals surface area (Å²) in [7, 11) is 1.65. The SMILES string of the molecule is COc1ccccc1[C@]1(O)CCS[C@@H]1C. The van der Waals surface area contributed by atoms with E-state index in [9.17, 15) is 5.11 Å². The van der Waals surface area contributed by atoms with E-state index in [2.05, 4.69) is 6.92 Å². The van der Waals surface area contributed by atoms with E-state index in [1.54, 1.807) is 7.11 Å². The van der Waals surface area contributed by atoms with Crippen LogP contribution in [0.4, 0.5) is 0 Å². The summed E-state index contributed by atoms with van der Waals surface area (Å²) < 4.78 is 5.30. The topological polar surface area (TPSA) is 29.5 Å². The maximum absolute atomic E-state index is 10.6. The van der Waals surface area contributed by atoms with Crippen LogP contribution in [0.1, 0.15) is 18.9 Å². The Hall–Kier alpha value is -0.670. The quantitative estimate of drug-likeness (QED) is 0.836. The number of aliphatic hydroxyl groups is 1. The predicted octanol–water partition coefficient (Wildman–Crippen LogP) is 2.41. The van der Waals surface area contributed by atoms with Crippen molar-refractivity contribution in [2.45, 2.75) is 24.2 Å². The highest BCUT2D eigenvalue weighted by molar-refractivity contribution is 8.00. The molecule has 0 aromatic heterocycles. The van der Waals surface area contributed by atoms with Gasteiger partial charge in [-0.1, -0.05) is 25.1 Å². The van der Waals surface area contributed by atoms with E-state index in [-0.39, 0.29) is 5.25 Å². The molecule has 1 aliphatic heterocycles. The zero-order valence-electron chi connectivity index (χ0n) is 9.06. The predicted molar refractivity (Wildman–Crippen MR) is 63.4 cm³/mol. The van der Waals surface area contributed by atoms with Crippen LogP contribution in [0.2, 0.25) is 0 Å². The van der Waals surface area contributed by atoms with Gasteiger partial charge in [-0.25, -0.2) is 0 Å². The van der Waals surface area contributed by atoms with Crippen LogP contribution in [0.15, 0.2) is 24.3 Å². The Balaban J connectivity index is 2.43. The summed E-state index contributed by atoms with van der Waals surface area (Å²) in [6.45, 7) is 2.07. The van der Waals surface area contributed by atoms with Crippen LogP contribution in [0.25, 0.3) is 0 Å². The maximum Gasteiger partial charge on any atom is 0.124 e. The van der Waals surface area contributed by atoms with Crippen LogP contribution in [0.5, 0.6) is 5.75 Å². The van der Waals surface area contributed by atoms with Gasteiger partial charge in [0.25, 0.3) is 0 Å². The molecule has 0 saturated carbocycles. The molecule has 0 bridgehead atoms. The standard InChI is InChI=1S/C12H16O2S/c1-9-12(13,7-8-15-9)10-5-3-4-6-11(10)14-2/h3-6,9,13H,7-8H2,1-2H3/t9-,12+/m1/s1. The summed E-state index contributed by atoms with van der Waals surface area (Å²) in [4.78, 5) is 0. The third-order valence-electron chi connectivity index (χ3n) is 3.10. The first-order chi connectivity index (χ1) is 7.18.